The standard InChI is InChI=1S/C16H17ClN2/c1-10-5-13-14-7-12(17)6-11-3-4-19(16(11)14)9-15(13)18(2)8-10/h3-7,10,15H,8-9H2,1-2H3/t10-,15?/m1/s1. The van der Waals surface area contributed by atoms with Gasteiger partial charge in [-0.15, -0.1) is 0 Å². The van der Waals surface area contributed by atoms with E-state index in [2.05, 4.69) is 53.9 Å². The molecule has 0 saturated heterocycles. The van der Waals surface area contributed by atoms with Crippen LogP contribution in [0.5, 0.6) is 0 Å². The van der Waals surface area contributed by atoms with Crippen LogP contribution in [0.2, 0.25) is 5.02 Å². The van der Waals surface area contributed by atoms with Crippen molar-refractivity contribution < 1.29 is 0 Å². The van der Waals surface area contributed by atoms with Crippen LogP contribution in [-0.2, 0) is 6.54 Å². The summed E-state index contributed by atoms with van der Waals surface area (Å²) in [5, 5.41) is 2.09. The van der Waals surface area contributed by atoms with Gasteiger partial charge in [-0.1, -0.05) is 24.6 Å². The molecule has 0 saturated carbocycles. The van der Waals surface area contributed by atoms with Crippen LogP contribution in [0.25, 0.3) is 16.5 Å². The van der Waals surface area contributed by atoms with Gasteiger partial charge in [0.25, 0.3) is 0 Å². The van der Waals surface area contributed by atoms with Crippen molar-refractivity contribution in [2.75, 3.05) is 13.6 Å². The second-order valence-electron chi connectivity index (χ2n) is 5.91. The van der Waals surface area contributed by atoms with Crippen molar-refractivity contribution in [1.82, 2.24) is 9.47 Å². The summed E-state index contributed by atoms with van der Waals surface area (Å²) in [5.41, 5.74) is 4.12. The normalized spacial score (nSPS) is 26.4. The molecule has 0 bridgehead atoms. The van der Waals surface area contributed by atoms with Crippen molar-refractivity contribution in [3.63, 3.8) is 0 Å². The molecule has 2 atom stereocenters. The molecule has 19 heavy (non-hydrogen) atoms. The first-order chi connectivity index (χ1) is 9.13. The maximum absolute atomic E-state index is 6.29. The molecule has 98 valence electrons. The number of halogens is 1. The van der Waals surface area contributed by atoms with Crippen molar-refractivity contribution in [2.45, 2.75) is 19.5 Å². The van der Waals surface area contributed by atoms with E-state index in [1.165, 1.54) is 22.0 Å². The summed E-state index contributed by atoms with van der Waals surface area (Å²) >= 11 is 6.29. The van der Waals surface area contributed by atoms with Gasteiger partial charge in [0.1, 0.15) is 0 Å². The fourth-order valence-electron chi connectivity index (χ4n) is 3.67. The summed E-state index contributed by atoms with van der Waals surface area (Å²) < 4.78 is 2.37. The van der Waals surface area contributed by atoms with Crippen molar-refractivity contribution in [3.05, 3.63) is 41.1 Å². The van der Waals surface area contributed by atoms with E-state index in [-0.39, 0.29) is 0 Å². The first-order valence-electron chi connectivity index (χ1n) is 6.84. The number of likely N-dealkylation sites (N-methyl/N-ethyl adjacent to an activating group) is 1. The first-order valence-corrected chi connectivity index (χ1v) is 7.22. The van der Waals surface area contributed by atoms with Crippen LogP contribution in [0.3, 0.4) is 0 Å². The molecule has 2 aliphatic rings. The lowest BCUT2D eigenvalue weighted by atomic mass is 9.86. The van der Waals surface area contributed by atoms with E-state index in [1.807, 2.05) is 0 Å². The van der Waals surface area contributed by atoms with Crippen LogP contribution in [0.1, 0.15) is 12.5 Å². The molecule has 2 aromatic rings. The minimum atomic E-state index is 0.484. The lowest BCUT2D eigenvalue weighted by molar-refractivity contribution is 0.234. The monoisotopic (exact) mass is 272 g/mol. The molecule has 0 aliphatic carbocycles. The van der Waals surface area contributed by atoms with Gasteiger partial charge in [0.2, 0.25) is 0 Å². The van der Waals surface area contributed by atoms with Crippen molar-refractivity contribution >= 4 is 28.1 Å². The Bertz CT molecular complexity index is 698. The zero-order valence-electron chi connectivity index (χ0n) is 11.2. The molecule has 1 aromatic carbocycles. The fraction of sp³-hybridized carbons (Fsp3) is 0.375. The Labute approximate surface area is 118 Å². The molecule has 2 nitrogen and oxygen atoms in total. The summed E-state index contributed by atoms with van der Waals surface area (Å²) in [7, 11) is 2.23. The maximum atomic E-state index is 6.29. The molecule has 2 aliphatic heterocycles. The fourth-order valence-corrected chi connectivity index (χ4v) is 3.89. The smallest absolute Gasteiger partial charge is 0.0558 e. The highest BCUT2D eigenvalue weighted by Gasteiger charge is 2.32. The predicted molar refractivity (Wildman–Crippen MR) is 80.5 cm³/mol. The summed E-state index contributed by atoms with van der Waals surface area (Å²) in [6, 6.07) is 6.85. The number of fused-ring (bicyclic) bond motifs is 2. The van der Waals surface area contributed by atoms with Gasteiger partial charge in [0.05, 0.1) is 11.6 Å². The van der Waals surface area contributed by atoms with Gasteiger partial charge in [-0.05, 0) is 36.7 Å². The van der Waals surface area contributed by atoms with Crippen LogP contribution < -0.4 is 0 Å². The lowest BCUT2D eigenvalue weighted by Gasteiger charge is -2.39. The van der Waals surface area contributed by atoms with E-state index in [4.69, 9.17) is 11.6 Å². The SMILES string of the molecule is C[C@@H]1C=C2c3cc(Cl)cc4ccn(c34)CC2N(C)C1. The van der Waals surface area contributed by atoms with Crippen LogP contribution in [0, 0.1) is 5.92 Å². The molecule has 0 N–H and O–H groups in total. The van der Waals surface area contributed by atoms with Crippen molar-refractivity contribution in [3.8, 4) is 0 Å². The van der Waals surface area contributed by atoms with E-state index in [9.17, 15) is 0 Å². The Balaban J connectivity index is 2.04. The molecule has 0 radical (unpaired) electrons. The van der Waals surface area contributed by atoms with E-state index >= 15 is 0 Å². The topological polar surface area (TPSA) is 8.17 Å². The largest absolute Gasteiger partial charge is 0.345 e. The molecule has 4 rings (SSSR count). The van der Waals surface area contributed by atoms with Gasteiger partial charge < -0.3 is 4.57 Å². The van der Waals surface area contributed by atoms with Crippen molar-refractivity contribution in [1.29, 1.82) is 0 Å². The Morgan fingerprint density at radius 2 is 2.11 bits per heavy atom. The quantitative estimate of drug-likeness (QED) is 0.711. The Hall–Kier alpha value is -1.25. The van der Waals surface area contributed by atoms with Gasteiger partial charge in [0, 0.05) is 35.3 Å². The zero-order chi connectivity index (χ0) is 13.1. The van der Waals surface area contributed by atoms with Crippen LogP contribution in [0.4, 0.5) is 0 Å². The van der Waals surface area contributed by atoms with Gasteiger partial charge in [-0.25, -0.2) is 0 Å². The van der Waals surface area contributed by atoms with Crippen LogP contribution in [0.15, 0.2) is 30.5 Å². The molecule has 0 spiro atoms. The van der Waals surface area contributed by atoms with E-state index in [1.54, 1.807) is 0 Å². The van der Waals surface area contributed by atoms with Crippen molar-refractivity contribution in [2.24, 2.45) is 5.92 Å². The third-order valence-electron chi connectivity index (χ3n) is 4.44. The number of benzene rings is 1. The second-order valence-corrected chi connectivity index (χ2v) is 6.35. The third-order valence-corrected chi connectivity index (χ3v) is 4.66. The van der Waals surface area contributed by atoms with Gasteiger partial charge in [-0.3, -0.25) is 4.90 Å². The highest BCUT2D eigenvalue weighted by atomic mass is 35.5. The van der Waals surface area contributed by atoms with Gasteiger partial charge in [0.15, 0.2) is 0 Å². The Kier molecular flexibility index (Phi) is 2.36. The zero-order valence-corrected chi connectivity index (χ0v) is 12.0. The minimum Gasteiger partial charge on any atom is -0.345 e. The average molecular weight is 273 g/mol. The summed E-state index contributed by atoms with van der Waals surface area (Å²) in [6.45, 7) is 4.47. The summed E-state index contributed by atoms with van der Waals surface area (Å²) in [4.78, 5) is 2.47. The lowest BCUT2D eigenvalue weighted by Crippen LogP contribution is -2.43. The van der Waals surface area contributed by atoms with E-state index < -0.39 is 0 Å². The molecule has 1 aromatic heterocycles. The third kappa shape index (κ3) is 1.60. The highest BCUT2D eigenvalue weighted by Crippen LogP contribution is 2.39. The molecule has 0 amide bonds. The predicted octanol–water partition coefficient (Wildman–Crippen LogP) is 3.64. The molecular weight excluding hydrogens is 256 g/mol. The molecule has 3 heteroatoms. The number of hydrogen-bond acceptors (Lipinski definition) is 1. The number of rotatable bonds is 0. The molecule has 0 fully saturated rings. The molecule has 3 heterocycles. The average Bonchev–Trinajstić information content (AvgIpc) is 2.74. The number of nitrogens with zero attached hydrogens (tertiary/aromatic N) is 2. The van der Waals surface area contributed by atoms with Crippen LogP contribution >= 0.6 is 11.6 Å². The van der Waals surface area contributed by atoms with Gasteiger partial charge in [-0.2, -0.15) is 0 Å². The number of aromatic nitrogens is 1. The Morgan fingerprint density at radius 1 is 1.26 bits per heavy atom. The molecular formula is C16H17ClN2. The summed E-state index contributed by atoms with van der Waals surface area (Å²) in [6.07, 6.45) is 4.62. The van der Waals surface area contributed by atoms with E-state index in [0.29, 0.717) is 12.0 Å². The second kappa shape index (κ2) is 3.87. The highest BCUT2D eigenvalue weighted by molar-refractivity contribution is 6.31. The maximum Gasteiger partial charge on any atom is 0.0558 e. The first kappa shape index (κ1) is 11.6. The molecule has 1 unspecified atom stereocenters. The number of hydrogen-bond donors (Lipinski definition) is 0. The summed E-state index contributed by atoms with van der Waals surface area (Å²) in [5.74, 6) is 0.604. The van der Waals surface area contributed by atoms with E-state index in [0.717, 1.165) is 18.1 Å². The van der Waals surface area contributed by atoms with Crippen LogP contribution in [-0.4, -0.2) is 29.1 Å². The minimum absolute atomic E-state index is 0.484. The van der Waals surface area contributed by atoms with Gasteiger partial charge >= 0.3 is 0 Å². The Morgan fingerprint density at radius 3 is 2.95 bits per heavy atom.